The predicted molar refractivity (Wildman–Crippen MR) is 77.4 cm³/mol. The highest BCUT2D eigenvalue weighted by molar-refractivity contribution is 5.93. The second-order valence-electron chi connectivity index (χ2n) is 5.73. The zero-order chi connectivity index (χ0) is 13.1. The van der Waals surface area contributed by atoms with Crippen LogP contribution in [0.4, 0.5) is 5.69 Å². The summed E-state index contributed by atoms with van der Waals surface area (Å²) in [4.78, 5) is 11.3. The van der Waals surface area contributed by atoms with Crippen LogP contribution in [0.25, 0.3) is 0 Å². The fourth-order valence-corrected chi connectivity index (χ4v) is 2.64. The van der Waals surface area contributed by atoms with E-state index < -0.39 is 0 Å². The molecule has 3 nitrogen and oxygen atoms in total. The van der Waals surface area contributed by atoms with Gasteiger partial charge < -0.3 is 10.6 Å². The summed E-state index contributed by atoms with van der Waals surface area (Å²) in [6.07, 6.45) is 7.90. The summed E-state index contributed by atoms with van der Waals surface area (Å²) in [5.74, 6) is 0.145. The van der Waals surface area contributed by atoms with E-state index in [4.69, 9.17) is 0 Å². The van der Waals surface area contributed by atoms with E-state index in [0.29, 0.717) is 6.42 Å². The van der Waals surface area contributed by atoms with Crippen molar-refractivity contribution in [3.63, 3.8) is 0 Å². The maximum atomic E-state index is 11.3. The van der Waals surface area contributed by atoms with E-state index >= 15 is 0 Å². The Balaban J connectivity index is 1.46. The van der Waals surface area contributed by atoms with Crippen LogP contribution in [0.1, 0.15) is 43.2 Å². The Kier molecular flexibility index (Phi) is 3.83. The van der Waals surface area contributed by atoms with Crippen LogP contribution in [0, 0.1) is 0 Å². The molecule has 2 aliphatic rings. The molecule has 102 valence electrons. The lowest BCUT2D eigenvalue weighted by Gasteiger charge is -2.17. The van der Waals surface area contributed by atoms with Crippen LogP contribution in [0.15, 0.2) is 18.2 Å². The second-order valence-corrected chi connectivity index (χ2v) is 5.73. The van der Waals surface area contributed by atoms with Gasteiger partial charge in [-0.05, 0) is 62.3 Å². The molecule has 1 aromatic rings. The van der Waals surface area contributed by atoms with Gasteiger partial charge in [0.15, 0.2) is 0 Å². The molecule has 2 N–H and O–H groups in total. The number of nitrogens with one attached hydrogen (secondary N) is 2. The zero-order valence-electron chi connectivity index (χ0n) is 11.4. The van der Waals surface area contributed by atoms with Crippen molar-refractivity contribution in [2.75, 3.05) is 11.9 Å². The lowest BCUT2D eigenvalue weighted by Crippen LogP contribution is -2.19. The lowest BCUT2D eigenvalue weighted by atomic mass is 9.98. The fourth-order valence-electron chi connectivity index (χ4n) is 2.64. The van der Waals surface area contributed by atoms with Crippen LogP contribution < -0.4 is 10.6 Å². The molecule has 1 aliphatic carbocycles. The molecule has 3 rings (SSSR count). The van der Waals surface area contributed by atoms with Crippen molar-refractivity contribution in [2.45, 2.75) is 51.0 Å². The van der Waals surface area contributed by atoms with E-state index in [0.717, 1.165) is 31.1 Å². The monoisotopic (exact) mass is 258 g/mol. The molecule has 0 saturated heterocycles. The summed E-state index contributed by atoms with van der Waals surface area (Å²) < 4.78 is 0. The van der Waals surface area contributed by atoms with Gasteiger partial charge >= 0.3 is 0 Å². The minimum atomic E-state index is 0.145. The van der Waals surface area contributed by atoms with Crippen LogP contribution in [-0.2, 0) is 17.6 Å². The molecular weight excluding hydrogens is 236 g/mol. The quantitative estimate of drug-likeness (QED) is 0.770. The molecule has 0 bridgehead atoms. The topological polar surface area (TPSA) is 41.1 Å². The number of unbranched alkanes of at least 4 members (excludes halogenated alkanes) is 1. The zero-order valence-corrected chi connectivity index (χ0v) is 11.4. The van der Waals surface area contributed by atoms with Crippen molar-refractivity contribution in [1.82, 2.24) is 5.32 Å². The first-order chi connectivity index (χ1) is 9.31. The lowest BCUT2D eigenvalue weighted by molar-refractivity contribution is -0.116. The Morgan fingerprint density at radius 1 is 1.21 bits per heavy atom. The normalized spacial score (nSPS) is 18.0. The third-order valence-corrected chi connectivity index (χ3v) is 3.97. The standard InChI is InChI=1S/C16H22N2O/c19-16-9-5-13-11-12(4-8-15(13)18-16)3-1-2-10-17-14-6-7-14/h4,8,11,14,17H,1-3,5-7,9-10H2,(H,18,19). The van der Waals surface area contributed by atoms with Crippen LogP contribution >= 0.6 is 0 Å². The molecule has 1 aliphatic heterocycles. The number of amides is 1. The van der Waals surface area contributed by atoms with Gasteiger partial charge in [-0.15, -0.1) is 0 Å². The maximum absolute atomic E-state index is 11.3. The molecule has 0 unspecified atom stereocenters. The number of hydrogen-bond acceptors (Lipinski definition) is 2. The van der Waals surface area contributed by atoms with Crippen molar-refractivity contribution in [3.05, 3.63) is 29.3 Å². The number of hydrogen-bond donors (Lipinski definition) is 2. The summed E-state index contributed by atoms with van der Waals surface area (Å²) in [6, 6.07) is 7.30. The van der Waals surface area contributed by atoms with Gasteiger partial charge in [0.1, 0.15) is 0 Å². The van der Waals surface area contributed by atoms with Gasteiger partial charge in [-0.3, -0.25) is 4.79 Å². The first kappa shape index (κ1) is 12.7. The Morgan fingerprint density at radius 2 is 2.11 bits per heavy atom. The number of aryl methyl sites for hydroxylation is 2. The van der Waals surface area contributed by atoms with Crippen molar-refractivity contribution < 1.29 is 4.79 Å². The average molecular weight is 258 g/mol. The number of carbonyl (C=O) groups excluding carboxylic acids is 1. The molecule has 0 spiro atoms. The second kappa shape index (κ2) is 5.74. The summed E-state index contributed by atoms with van der Waals surface area (Å²) in [5, 5.41) is 6.48. The summed E-state index contributed by atoms with van der Waals surface area (Å²) in [7, 11) is 0. The van der Waals surface area contributed by atoms with Gasteiger partial charge in [0, 0.05) is 18.2 Å². The minimum Gasteiger partial charge on any atom is -0.326 e. The number of fused-ring (bicyclic) bond motifs is 1. The van der Waals surface area contributed by atoms with E-state index in [1.165, 1.54) is 36.8 Å². The number of benzene rings is 1. The molecule has 19 heavy (non-hydrogen) atoms. The van der Waals surface area contributed by atoms with Crippen LogP contribution in [0.2, 0.25) is 0 Å². The van der Waals surface area contributed by atoms with E-state index in [1.54, 1.807) is 0 Å². The molecule has 1 saturated carbocycles. The van der Waals surface area contributed by atoms with Crippen molar-refractivity contribution in [3.8, 4) is 0 Å². The number of rotatable bonds is 6. The number of anilines is 1. The Labute approximate surface area is 114 Å². The number of carbonyl (C=O) groups is 1. The van der Waals surface area contributed by atoms with Gasteiger partial charge in [-0.1, -0.05) is 12.1 Å². The summed E-state index contributed by atoms with van der Waals surface area (Å²) >= 11 is 0. The summed E-state index contributed by atoms with van der Waals surface area (Å²) in [6.45, 7) is 1.16. The molecule has 0 atom stereocenters. The molecule has 0 aromatic heterocycles. The van der Waals surface area contributed by atoms with Gasteiger partial charge in [-0.25, -0.2) is 0 Å². The van der Waals surface area contributed by atoms with Crippen molar-refractivity contribution >= 4 is 11.6 Å². The largest absolute Gasteiger partial charge is 0.326 e. The van der Waals surface area contributed by atoms with Crippen molar-refractivity contribution in [2.24, 2.45) is 0 Å². The first-order valence-corrected chi connectivity index (χ1v) is 7.46. The molecule has 0 radical (unpaired) electrons. The first-order valence-electron chi connectivity index (χ1n) is 7.46. The van der Waals surface area contributed by atoms with Crippen LogP contribution in [0.3, 0.4) is 0 Å². The predicted octanol–water partition coefficient (Wildman–Crippen LogP) is 2.65. The highest BCUT2D eigenvalue weighted by Crippen LogP contribution is 2.24. The molecule has 1 heterocycles. The smallest absolute Gasteiger partial charge is 0.224 e. The average Bonchev–Trinajstić information content (AvgIpc) is 3.22. The summed E-state index contributed by atoms with van der Waals surface area (Å²) in [5.41, 5.74) is 3.71. The van der Waals surface area contributed by atoms with E-state index in [9.17, 15) is 4.79 Å². The fraction of sp³-hybridized carbons (Fsp3) is 0.562. The van der Waals surface area contributed by atoms with E-state index in [1.807, 2.05) is 0 Å². The van der Waals surface area contributed by atoms with Crippen LogP contribution in [0.5, 0.6) is 0 Å². The highest BCUT2D eigenvalue weighted by atomic mass is 16.1. The Morgan fingerprint density at radius 3 is 2.95 bits per heavy atom. The third-order valence-electron chi connectivity index (χ3n) is 3.97. The molecular formula is C16H22N2O. The van der Waals surface area contributed by atoms with Gasteiger partial charge in [-0.2, -0.15) is 0 Å². The SMILES string of the molecule is O=C1CCc2cc(CCCCNC3CC3)ccc2N1. The van der Waals surface area contributed by atoms with E-state index in [-0.39, 0.29) is 5.91 Å². The molecule has 1 fully saturated rings. The molecule has 3 heteroatoms. The minimum absolute atomic E-state index is 0.145. The molecule has 1 amide bonds. The molecule has 1 aromatic carbocycles. The third kappa shape index (κ3) is 3.57. The maximum Gasteiger partial charge on any atom is 0.224 e. The van der Waals surface area contributed by atoms with Gasteiger partial charge in [0.2, 0.25) is 5.91 Å². The van der Waals surface area contributed by atoms with Gasteiger partial charge in [0.05, 0.1) is 0 Å². The Hall–Kier alpha value is -1.35. The van der Waals surface area contributed by atoms with Crippen molar-refractivity contribution in [1.29, 1.82) is 0 Å². The Bertz CT molecular complexity index is 466. The van der Waals surface area contributed by atoms with Gasteiger partial charge in [0.25, 0.3) is 0 Å². The van der Waals surface area contributed by atoms with E-state index in [2.05, 4.69) is 28.8 Å². The van der Waals surface area contributed by atoms with Crippen LogP contribution in [-0.4, -0.2) is 18.5 Å². The highest BCUT2D eigenvalue weighted by Gasteiger charge is 2.19.